The maximum absolute atomic E-state index is 11.5. The van der Waals surface area contributed by atoms with Gasteiger partial charge in [-0.3, -0.25) is 0 Å². The van der Waals surface area contributed by atoms with E-state index in [9.17, 15) is 4.79 Å². The van der Waals surface area contributed by atoms with Crippen LogP contribution in [0.3, 0.4) is 0 Å². The molecule has 0 saturated heterocycles. The molecule has 6 nitrogen and oxygen atoms in total. The van der Waals surface area contributed by atoms with Crippen LogP contribution in [0.2, 0.25) is 0 Å². The first kappa shape index (κ1) is 14.9. The Balaban J connectivity index is 2.00. The lowest BCUT2D eigenvalue weighted by atomic mass is 10.3. The lowest BCUT2D eigenvalue weighted by molar-refractivity contribution is 0.0519. The van der Waals surface area contributed by atoms with Gasteiger partial charge < -0.3 is 19.2 Å². The molecule has 0 aliphatic rings. The minimum absolute atomic E-state index is 0.127. The van der Waals surface area contributed by atoms with Crippen molar-refractivity contribution in [2.75, 3.05) is 11.9 Å². The zero-order chi connectivity index (χ0) is 15.2. The average molecular weight is 290 g/mol. The highest BCUT2D eigenvalue weighted by atomic mass is 16.5. The van der Waals surface area contributed by atoms with Crippen LogP contribution in [0.25, 0.3) is 0 Å². The molecule has 0 spiro atoms. The van der Waals surface area contributed by atoms with Gasteiger partial charge in [0.1, 0.15) is 12.0 Å². The first-order valence-corrected chi connectivity index (χ1v) is 6.75. The molecule has 1 aromatic heterocycles. The van der Waals surface area contributed by atoms with Crippen LogP contribution in [0.15, 0.2) is 34.9 Å². The number of hydrogen-bond acceptors (Lipinski definition) is 6. The molecule has 0 atom stereocenters. The number of nitrogens with one attached hydrogen (secondary N) is 1. The second-order valence-corrected chi connectivity index (χ2v) is 4.57. The molecule has 0 fully saturated rings. The van der Waals surface area contributed by atoms with Crippen molar-refractivity contribution in [2.45, 2.75) is 26.9 Å². The number of ether oxygens (including phenoxy) is 2. The minimum Gasteiger partial charge on any atom is -0.491 e. The number of oxazole rings is 1. The molecule has 2 rings (SSSR count). The van der Waals surface area contributed by atoms with Crippen molar-refractivity contribution in [3.8, 4) is 5.75 Å². The third kappa shape index (κ3) is 4.24. The topological polar surface area (TPSA) is 73.6 Å². The molecule has 21 heavy (non-hydrogen) atoms. The average Bonchev–Trinajstić information content (AvgIpc) is 2.89. The number of hydrogen-bond donors (Lipinski definition) is 1. The number of anilines is 2. The smallest absolute Gasteiger partial charge is 0.360 e. The third-order valence-electron chi connectivity index (χ3n) is 2.47. The molecule has 1 aromatic carbocycles. The summed E-state index contributed by atoms with van der Waals surface area (Å²) in [6.45, 7) is 5.97. The summed E-state index contributed by atoms with van der Waals surface area (Å²) in [4.78, 5) is 15.5. The fourth-order valence-corrected chi connectivity index (χ4v) is 1.64. The molecule has 1 heterocycles. The summed E-state index contributed by atoms with van der Waals surface area (Å²) >= 11 is 0. The molecule has 0 amide bonds. The standard InChI is InChI=1S/C15H18N2O4/c1-4-19-14(18)13-9-20-15(17-13)16-11-5-7-12(8-6-11)21-10(2)3/h5-10H,4H2,1-3H3,(H,16,17). The Hall–Kier alpha value is -2.50. The first-order valence-electron chi connectivity index (χ1n) is 6.75. The molecule has 0 radical (unpaired) electrons. The van der Waals surface area contributed by atoms with Gasteiger partial charge in [0.05, 0.1) is 12.7 Å². The highest BCUT2D eigenvalue weighted by Crippen LogP contribution is 2.20. The maximum Gasteiger partial charge on any atom is 0.360 e. The van der Waals surface area contributed by atoms with E-state index in [0.29, 0.717) is 6.61 Å². The van der Waals surface area contributed by atoms with Crippen LogP contribution in [0.4, 0.5) is 11.7 Å². The summed E-state index contributed by atoms with van der Waals surface area (Å²) in [5.74, 6) is 0.283. The summed E-state index contributed by atoms with van der Waals surface area (Å²) in [5, 5.41) is 2.96. The summed E-state index contributed by atoms with van der Waals surface area (Å²) in [6.07, 6.45) is 1.39. The van der Waals surface area contributed by atoms with Gasteiger partial charge in [-0.15, -0.1) is 0 Å². The molecule has 6 heteroatoms. The predicted molar refractivity (Wildman–Crippen MR) is 77.9 cm³/mol. The number of esters is 1. The van der Waals surface area contributed by atoms with E-state index in [0.717, 1.165) is 11.4 Å². The van der Waals surface area contributed by atoms with Crippen molar-refractivity contribution in [1.29, 1.82) is 0 Å². The quantitative estimate of drug-likeness (QED) is 0.822. The van der Waals surface area contributed by atoms with Crippen molar-refractivity contribution in [3.05, 3.63) is 36.2 Å². The highest BCUT2D eigenvalue weighted by Gasteiger charge is 2.13. The highest BCUT2D eigenvalue weighted by molar-refractivity contribution is 5.87. The maximum atomic E-state index is 11.5. The van der Waals surface area contributed by atoms with Crippen molar-refractivity contribution in [1.82, 2.24) is 4.98 Å². The second kappa shape index (κ2) is 6.78. The van der Waals surface area contributed by atoms with Crippen molar-refractivity contribution >= 4 is 17.7 Å². The molecule has 112 valence electrons. The van der Waals surface area contributed by atoms with E-state index in [2.05, 4.69) is 10.3 Å². The fourth-order valence-electron chi connectivity index (χ4n) is 1.64. The first-order chi connectivity index (χ1) is 10.1. The summed E-state index contributed by atoms with van der Waals surface area (Å²) < 4.78 is 15.6. The van der Waals surface area contributed by atoms with E-state index in [4.69, 9.17) is 13.9 Å². The van der Waals surface area contributed by atoms with Gasteiger partial charge in [-0.05, 0) is 45.0 Å². The molecule has 2 aromatic rings. The van der Waals surface area contributed by atoms with Crippen molar-refractivity contribution in [3.63, 3.8) is 0 Å². The van der Waals surface area contributed by atoms with Crippen LogP contribution >= 0.6 is 0 Å². The largest absolute Gasteiger partial charge is 0.491 e. The van der Waals surface area contributed by atoms with Crippen LogP contribution in [0, 0.1) is 0 Å². The predicted octanol–water partition coefficient (Wildman–Crippen LogP) is 3.38. The van der Waals surface area contributed by atoms with E-state index in [-0.39, 0.29) is 17.8 Å². The van der Waals surface area contributed by atoms with Gasteiger partial charge in [0.2, 0.25) is 0 Å². The fraction of sp³-hybridized carbons (Fsp3) is 0.333. The van der Waals surface area contributed by atoms with E-state index >= 15 is 0 Å². The summed E-state index contributed by atoms with van der Waals surface area (Å²) in [5.41, 5.74) is 0.919. The van der Waals surface area contributed by atoms with Gasteiger partial charge in [0.15, 0.2) is 5.69 Å². The van der Waals surface area contributed by atoms with Gasteiger partial charge in [-0.1, -0.05) is 0 Å². The Labute approximate surface area is 123 Å². The van der Waals surface area contributed by atoms with Gasteiger partial charge in [-0.25, -0.2) is 4.79 Å². The lowest BCUT2D eigenvalue weighted by Gasteiger charge is -2.10. The third-order valence-corrected chi connectivity index (χ3v) is 2.47. The Kier molecular flexibility index (Phi) is 4.81. The van der Waals surface area contributed by atoms with Crippen molar-refractivity contribution in [2.24, 2.45) is 0 Å². The number of carbonyl (C=O) groups excluding carboxylic acids is 1. The van der Waals surface area contributed by atoms with E-state index < -0.39 is 5.97 Å². The van der Waals surface area contributed by atoms with Crippen LogP contribution in [-0.2, 0) is 4.74 Å². The molecule has 0 saturated carbocycles. The van der Waals surface area contributed by atoms with Crippen LogP contribution in [0.5, 0.6) is 5.75 Å². The van der Waals surface area contributed by atoms with Gasteiger partial charge in [-0.2, -0.15) is 4.98 Å². The van der Waals surface area contributed by atoms with Crippen LogP contribution < -0.4 is 10.1 Å². The summed E-state index contributed by atoms with van der Waals surface area (Å²) in [7, 11) is 0. The molecule has 0 bridgehead atoms. The lowest BCUT2D eigenvalue weighted by Crippen LogP contribution is -2.05. The normalized spacial score (nSPS) is 10.5. The van der Waals surface area contributed by atoms with Gasteiger partial charge in [0.25, 0.3) is 6.01 Å². The van der Waals surface area contributed by atoms with Gasteiger partial charge in [0, 0.05) is 5.69 Å². The zero-order valence-corrected chi connectivity index (χ0v) is 12.3. The minimum atomic E-state index is -0.505. The Morgan fingerprint density at radius 3 is 2.67 bits per heavy atom. The monoisotopic (exact) mass is 290 g/mol. The van der Waals surface area contributed by atoms with E-state index in [1.807, 2.05) is 38.1 Å². The number of rotatable bonds is 6. The number of nitrogens with zero attached hydrogens (tertiary/aromatic N) is 1. The number of benzene rings is 1. The molecular formula is C15H18N2O4. The molecule has 1 N–H and O–H groups in total. The molecular weight excluding hydrogens is 272 g/mol. The second-order valence-electron chi connectivity index (χ2n) is 4.57. The SMILES string of the molecule is CCOC(=O)c1coc(Nc2ccc(OC(C)C)cc2)n1. The Morgan fingerprint density at radius 1 is 1.33 bits per heavy atom. The van der Waals surface area contributed by atoms with E-state index in [1.165, 1.54) is 6.26 Å². The molecule has 0 aliphatic carbocycles. The molecule has 0 aliphatic heterocycles. The zero-order valence-electron chi connectivity index (χ0n) is 12.3. The summed E-state index contributed by atoms with van der Waals surface area (Å²) in [6, 6.07) is 7.60. The van der Waals surface area contributed by atoms with Gasteiger partial charge >= 0.3 is 5.97 Å². The van der Waals surface area contributed by atoms with Crippen molar-refractivity contribution < 1.29 is 18.7 Å². The Morgan fingerprint density at radius 2 is 2.05 bits per heavy atom. The number of carbonyl (C=O) groups is 1. The molecule has 0 unspecified atom stereocenters. The van der Waals surface area contributed by atoms with Crippen LogP contribution in [0.1, 0.15) is 31.3 Å². The number of aromatic nitrogens is 1. The Bertz CT molecular complexity index is 590. The van der Waals surface area contributed by atoms with Crippen LogP contribution in [-0.4, -0.2) is 23.7 Å². The van der Waals surface area contributed by atoms with E-state index in [1.54, 1.807) is 6.92 Å².